The van der Waals surface area contributed by atoms with Gasteiger partial charge < -0.3 is 11.5 Å². The normalized spacial score (nSPS) is 20.3. The minimum absolute atomic E-state index is 0.117. The number of nitrogen functional groups attached to an aromatic ring is 1. The highest BCUT2D eigenvalue weighted by Gasteiger charge is 2.43. The summed E-state index contributed by atoms with van der Waals surface area (Å²) in [5.74, 6) is -0.670. The number of anilines is 1. The number of alkyl halides is 1. The molecule has 29 heavy (non-hydrogen) atoms. The van der Waals surface area contributed by atoms with Crippen LogP contribution in [0.5, 0.6) is 0 Å². The van der Waals surface area contributed by atoms with Crippen LogP contribution < -0.4 is 11.5 Å². The number of nitrogens with zero attached hydrogens (tertiary/aromatic N) is 3. The van der Waals surface area contributed by atoms with Gasteiger partial charge in [-0.1, -0.05) is 11.6 Å². The van der Waals surface area contributed by atoms with E-state index in [0.717, 1.165) is 4.31 Å². The van der Waals surface area contributed by atoms with E-state index in [9.17, 15) is 17.6 Å². The van der Waals surface area contributed by atoms with Gasteiger partial charge in [-0.3, -0.25) is 9.89 Å². The van der Waals surface area contributed by atoms with Crippen LogP contribution in [0.4, 0.5) is 10.2 Å². The van der Waals surface area contributed by atoms with Crippen molar-refractivity contribution in [3.05, 3.63) is 35.4 Å². The number of hydrogen-bond donors (Lipinski definition) is 3. The smallest absolute Gasteiger partial charge is 0.243 e. The first-order valence-corrected chi connectivity index (χ1v) is 10.4. The summed E-state index contributed by atoms with van der Waals surface area (Å²) in [5, 5.41) is 6.73. The van der Waals surface area contributed by atoms with Crippen LogP contribution in [0.15, 0.2) is 35.2 Å². The van der Waals surface area contributed by atoms with E-state index in [1.165, 1.54) is 18.2 Å². The molecular formula is C17H16ClFN6O3S. The van der Waals surface area contributed by atoms with Gasteiger partial charge in [-0.15, -0.1) is 0 Å². The molecule has 1 saturated heterocycles. The first-order chi connectivity index (χ1) is 13.7. The Morgan fingerprint density at radius 1 is 1.31 bits per heavy atom. The third-order valence-electron chi connectivity index (χ3n) is 4.79. The maximum atomic E-state index is 13.8. The Morgan fingerprint density at radius 2 is 2.07 bits per heavy atom. The predicted molar refractivity (Wildman–Crippen MR) is 105 cm³/mol. The molecule has 1 aliphatic heterocycles. The molecule has 4 rings (SSSR count). The topological polar surface area (TPSA) is 148 Å². The molecule has 152 valence electrons. The van der Waals surface area contributed by atoms with Crippen molar-refractivity contribution in [3.8, 4) is 11.3 Å². The quantitative estimate of drug-likeness (QED) is 0.561. The lowest BCUT2D eigenvalue weighted by Gasteiger charge is -2.21. The summed E-state index contributed by atoms with van der Waals surface area (Å²) in [7, 11) is -4.17. The van der Waals surface area contributed by atoms with Crippen molar-refractivity contribution < 1.29 is 17.6 Å². The minimum Gasteiger partial charge on any atom is -0.380 e. The number of amides is 1. The fourth-order valence-corrected chi connectivity index (χ4v) is 5.35. The average molecular weight is 439 g/mol. The number of fused-ring (bicyclic) bond motifs is 1. The van der Waals surface area contributed by atoms with Gasteiger partial charge in [0.25, 0.3) is 0 Å². The number of carbonyl (C=O) groups excluding carboxylic acids is 1. The number of aromatic nitrogens is 3. The molecule has 12 heteroatoms. The number of nitrogens with two attached hydrogens (primary N) is 2. The molecule has 0 radical (unpaired) electrons. The summed E-state index contributed by atoms with van der Waals surface area (Å²) in [6.45, 7) is -0.437. The molecular weight excluding hydrogens is 423 g/mol. The molecule has 3 heterocycles. The maximum Gasteiger partial charge on any atom is 0.243 e. The van der Waals surface area contributed by atoms with Gasteiger partial charge in [0.15, 0.2) is 5.82 Å². The Balaban J connectivity index is 1.72. The molecule has 1 fully saturated rings. The van der Waals surface area contributed by atoms with E-state index in [4.69, 9.17) is 23.1 Å². The van der Waals surface area contributed by atoms with Gasteiger partial charge in [0, 0.05) is 18.5 Å². The Hall–Kier alpha value is -2.76. The summed E-state index contributed by atoms with van der Waals surface area (Å²) in [6, 6.07) is 6.23. The lowest BCUT2D eigenvalue weighted by Crippen LogP contribution is -2.43. The molecule has 5 N–H and O–H groups in total. The minimum atomic E-state index is -4.17. The Kier molecular flexibility index (Phi) is 4.68. The molecule has 1 aromatic carbocycles. The summed E-state index contributed by atoms with van der Waals surface area (Å²) in [6.07, 6.45) is -1.73. The van der Waals surface area contributed by atoms with Crippen LogP contribution in [0, 0.1) is 0 Å². The van der Waals surface area contributed by atoms with Crippen molar-refractivity contribution in [3.63, 3.8) is 0 Å². The van der Waals surface area contributed by atoms with Gasteiger partial charge in [-0.05, 0) is 30.3 Å². The number of H-pyrrole nitrogens is 1. The number of carbonyl (C=O) groups is 1. The summed E-state index contributed by atoms with van der Waals surface area (Å²) >= 11 is 6.33. The van der Waals surface area contributed by atoms with Gasteiger partial charge in [0.2, 0.25) is 15.9 Å². The number of primary amides is 1. The van der Waals surface area contributed by atoms with Crippen LogP contribution in [-0.4, -0.2) is 52.6 Å². The number of rotatable bonds is 4. The molecule has 0 unspecified atom stereocenters. The Bertz CT molecular complexity index is 1230. The van der Waals surface area contributed by atoms with Crippen LogP contribution in [0.2, 0.25) is 5.02 Å². The molecule has 0 aliphatic carbocycles. The highest BCUT2D eigenvalue weighted by atomic mass is 35.5. The van der Waals surface area contributed by atoms with Crippen molar-refractivity contribution in [1.82, 2.24) is 19.5 Å². The van der Waals surface area contributed by atoms with E-state index in [-0.39, 0.29) is 22.2 Å². The highest BCUT2D eigenvalue weighted by Crippen LogP contribution is 2.33. The summed E-state index contributed by atoms with van der Waals surface area (Å²) < 4.78 is 40.4. The average Bonchev–Trinajstić information content (AvgIpc) is 3.25. The van der Waals surface area contributed by atoms with Gasteiger partial charge >= 0.3 is 0 Å². The van der Waals surface area contributed by atoms with Crippen molar-refractivity contribution in [1.29, 1.82) is 0 Å². The number of nitrogens with one attached hydrogen (secondary N) is 1. The molecule has 2 atom stereocenters. The molecule has 2 aromatic heterocycles. The Morgan fingerprint density at radius 3 is 2.76 bits per heavy atom. The lowest BCUT2D eigenvalue weighted by molar-refractivity contribution is -0.121. The van der Waals surface area contributed by atoms with Crippen LogP contribution in [-0.2, 0) is 14.8 Å². The lowest BCUT2D eigenvalue weighted by atomic mass is 10.1. The summed E-state index contributed by atoms with van der Waals surface area (Å²) in [4.78, 5) is 15.8. The maximum absolute atomic E-state index is 13.8. The molecule has 1 aliphatic rings. The number of sulfonamides is 1. The first-order valence-electron chi connectivity index (χ1n) is 8.54. The predicted octanol–water partition coefficient (Wildman–Crippen LogP) is 1.45. The van der Waals surface area contributed by atoms with Crippen LogP contribution >= 0.6 is 11.6 Å². The summed E-state index contributed by atoms with van der Waals surface area (Å²) in [5.41, 5.74) is 13.1. The van der Waals surface area contributed by atoms with E-state index >= 15 is 0 Å². The molecule has 1 amide bonds. The van der Waals surface area contributed by atoms with E-state index in [2.05, 4.69) is 15.2 Å². The SMILES string of the molecule is NC(=O)[C@H]1C[C@@H](F)CN1S(=O)(=O)c1ccc(-c2ccc3[nH]nc(N)c3n2)c(Cl)c1. The fourth-order valence-electron chi connectivity index (χ4n) is 3.35. The number of halogens is 2. The zero-order valence-electron chi connectivity index (χ0n) is 14.8. The molecule has 3 aromatic rings. The number of pyridine rings is 1. The van der Waals surface area contributed by atoms with E-state index in [0.29, 0.717) is 22.3 Å². The van der Waals surface area contributed by atoms with Crippen molar-refractivity contribution in [2.45, 2.75) is 23.5 Å². The zero-order chi connectivity index (χ0) is 20.9. The second-order valence-electron chi connectivity index (χ2n) is 6.67. The first kappa shape index (κ1) is 19.6. The number of hydrogen-bond acceptors (Lipinski definition) is 6. The van der Waals surface area contributed by atoms with E-state index in [1.807, 2.05) is 0 Å². The van der Waals surface area contributed by atoms with Crippen LogP contribution in [0.1, 0.15) is 6.42 Å². The molecule has 0 spiro atoms. The third kappa shape index (κ3) is 3.30. The Labute approximate surface area is 169 Å². The monoisotopic (exact) mass is 438 g/mol. The highest BCUT2D eigenvalue weighted by molar-refractivity contribution is 7.89. The van der Waals surface area contributed by atoms with Crippen LogP contribution in [0.25, 0.3) is 22.3 Å². The standard InChI is InChI=1S/C17H16ClFN6O3S/c18-11-6-9(29(27,28)25-7-8(19)5-14(25)17(21)26)1-2-10(11)12-3-4-13-15(22-12)16(20)24-23-13/h1-4,6,8,14H,5,7H2,(H2,21,26)(H3,20,23,24)/t8-,14-/m1/s1. The third-order valence-corrected chi connectivity index (χ3v) is 6.97. The van der Waals surface area contributed by atoms with Crippen molar-refractivity contribution in [2.75, 3.05) is 12.3 Å². The second kappa shape index (κ2) is 6.94. The van der Waals surface area contributed by atoms with Gasteiger partial charge in [0.1, 0.15) is 17.7 Å². The van der Waals surface area contributed by atoms with Gasteiger partial charge in [-0.2, -0.15) is 9.40 Å². The van der Waals surface area contributed by atoms with E-state index < -0.39 is 34.7 Å². The fraction of sp³-hybridized carbons (Fsp3) is 0.235. The van der Waals surface area contributed by atoms with Crippen molar-refractivity contribution >= 4 is 44.4 Å². The van der Waals surface area contributed by atoms with Gasteiger partial charge in [-0.25, -0.2) is 17.8 Å². The number of benzene rings is 1. The zero-order valence-corrected chi connectivity index (χ0v) is 16.4. The van der Waals surface area contributed by atoms with E-state index in [1.54, 1.807) is 12.1 Å². The molecule has 9 nitrogen and oxygen atoms in total. The second-order valence-corrected chi connectivity index (χ2v) is 8.97. The van der Waals surface area contributed by atoms with Gasteiger partial charge in [0.05, 0.1) is 21.1 Å². The largest absolute Gasteiger partial charge is 0.380 e. The van der Waals surface area contributed by atoms with Crippen molar-refractivity contribution in [2.24, 2.45) is 5.73 Å². The molecule has 0 saturated carbocycles. The number of aromatic amines is 1. The molecule has 0 bridgehead atoms. The van der Waals surface area contributed by atoms with Crippen LogP contribution in [0.3, 0.4) is 0 Å².